The molecule has 0 aliphatic heterocycles. The van der Waals surface area contributed by atoms with Gasteiger partial charge in [-0.3, -0.25) is 0 Å². The van der Waals surface area contributed by atoms with Gasteiger partial charge in [0, 0.05) is 24.0 Å². The van der Waals surface area contributed by atoms with Crippen LogP contribution in [0.5, 0.6) is 5.75 Å². The molecule has 2 N–H and O–H groups in total. The van der Waals surface area contributed by atoms with Gasteiger partial charge < -0.3 is 10.5 Å². The Hall–Kier alpha value is -2.45. The van der Waals surface area contributed by atoms with Gasteiger partial charge in [-0.25, -0.2) is 14.4 Å². The van der Waals surface area contributed by atoms with Gasteiger partial charge in [0.25, 0.3) is 0 Å². The highest BCUT2D eigenvalue weighted by atomic mass is 19.1. The largest absolute Gasteiger partial charge is 0.485 e. The molecule has 0 aliphatic rings. The molecule has 1 aromatic carbocycles. The van der Waals surface area contributed by atoms with Gasteiger partial charge in [0.05, 0.1) is 6.54 Å². The summed E-state index contributed by atoms with van der Waals surface area (Å²) >= 11 is 0. The van der Waals surface area contributed by atoms with Crippen LogP contribution in [0.3, 0.4) is 0 Å². The van der Waals surface area contributed by atoms with E-state index >= 15 is 0 Å². The second kappa shape index (κ2) is 6.47. The van der Waals surface area contributed by atoms with Crippen molar-refractivity contribution in [1.29, 1.82) is 0 Å². The molecule has 2 aromatic rings. The molecule has 1 aromatic heterocycles. The van der Waals surface area contributed by atoms with Crippen molar-refractivity contribution in [2.45, 2.75) is 6.61 Å². The molecule has 4 nitrogen and oxygen atoms in total. The maximum atomic E-state index is 13.4. The van der Waals surface area contributed by atoms with Gasteiger partial charge in [-0.05, 0) is 18.2 Å². The molecule has 96 valence electrons. The molecule has 0 aliphatic carbocycles. The van der Waals surface area contributed by atoms with E-state index in [2.05, 4.69) is 21.8 Å². The van der Waals surface area contributed by atoms with Crippen LogP contribution < -0.4 is 10.5 Å². The zero-order valence-electron chi connectivity index (χ0n) is 10.1. The first-order valence-electron chi connectivity index (χ1n) is 5.66. The number of halogens is 1. The van der Waals surface area contributed by atoms with Crippen LogP contribution in [0, 0.1) is 17.7 Å². The molecule has 0 saturated carbocycles. The minimum absolute atomic E-state index is 0.175. The number of ether oxygens (including phenoxy) is 1. The summed E-state index contributed by atoms with van der Waals surface area (Å²) in [5.41, 5.74) is 5.79. The van der Waals surface area contributed by atoms with E-state index in [1.54, 1.807) is 24.5 Å². The lowest BCUT2D eigenvalue weighted by Crippen LogP contribution is -2.01. The van der Waals surface area contributed by atoms with Crippen LogP contribution in [0.25, 0.3) is 0 Å². The van der Waals surface area contributed by atoms with E-state index in [1.807, 2.05) is 0 Å². The molecular formula is C14H12FN3O. The van der Waals surface area contributed by atoms with Crippen molar-refractivity contribution in [3.63, 3.8) is 0 Å². The van der Waals surface area contributed by atoms with Gasteiger partial charge >= 0.3 is 0 Å². The number of rotatable bonds is 3. The normalized spacial score (nSPS) is 9.58. The van der Waals surface area contributed by atoms with Crippen LogP contribution in [0.1, 0.15) is 11.4 Å². The van der Waals surface area contributed by atoms with Gasteiger partial charge in [0.15, 0.2) is 5.82 Å². The summed E-state index contributed by atoms with van der Waals surface area (Å²) in [5.74, 6) is 5.92. The SMILES string of the molecule is NCC#Cc1cc(F)cc(OCc2ncccn2)c1. The smallest absolute Gasteiger partial charge is 0.166 e. The lowest BCUT2D eigenvalue weighted by molar-refractivity contribution is 0.294. The molecular weight excluding hydrogens is 245 g/mol. The Morgan fingerprint density at radius 2 is 2.00 bits per heavy atom. The fraction of sp³-hybridized carbons (Fsp3) is 0.143. The third-order valence-electron chi connectivity index (χ3n) is 2.19. The molecule has 2 rings (SSSR count). The number of hydrogen-bond donors (Lipinski definition) is 1. The molecule has 0 atom stereocenters. The summed E-state index contributed by atoms with van der Waals surface area (Å²) in [6, 6.07) is 5.98. The highest BCUT2D eigenvalue weighted by Gasteiger charge is 2.02. The molecule has 0 spiro atoms. The Morgan fingerprint density at radius 3 is 2.74 bits per heavy atom. The number of aromatic nitrogens is 2. The summed E-state index contributed by atoms with van der Waals surface area (Å²) in [5, 5.41) is 0. The van der Waals surface area contributed by atoms with Crippen LogP contribution >= 0.6 is 0 Å². The van der Waals surface area contributed by atoms with E-state index in [4.69, 9.17) is 10.5 Å². The molecule has 5 heteroatoms. The first-order valence-corrected chi connectivity index (χ1v) is 5.66. The predicted octanol–water partition coefficient (Wildman–Crippen LogP) is 1.50. The minimum atomic E-state index is -0.409. The fourth-order valence-electron chi connectivity index (χ4n) is 1.42. The van der Waals surface area contributed by atoms with E-state index in [9.17, 15) is 4.39 Å². The van der Waals surface area contributed by atoms with Crippen molar-refractivity contribution in [1.82, 2.24) is 9.97 Å². The van der Waals surface area contributed by atoms with Crippen LogP contribution in [0.4, 0.5) is 4.39 Å². The van der Waals surface area contributed by atoms with Crippen molar-refractivity contribution >= 4 is 0 Å². The van der Waals surface area contributed by atoms with Crippen LogP contribution in [0.15, 0.2) is 36.7 Å². The Bertz CT molecular complexity index is 605. The van der Waals surface area contributed by atoms with E-state index < -0.39 is 5.82 Å². The lowest BCUT2D eigenvalue weighted by atomic mass is 10.2. The first-order chi connectivity index (χ1) is 9.28. The Balaban J connectivity index is 2.10. The van der Waals surface area contributed by atoms with E-state index in [1.165, 1.54) is 12.1 Å². The van der Waals surface area contributed by atoms with Gasteiger partial charge in [0.1, 0.15) is 18.2 Å². The predicted molar refractivity (Wildman–Crippen MR) is 68.7 cm³/mol. The average molecular weight is 257 g/mol. The summed E-state index contributed by atoms with van der Waals surface area (Å²) in [7, 11) is 0. The number of benzene rings is 1. The Labute approximate surface area is 110 Å². The topological polar surface area (TPSA) is 61.0 Å². The van der Waals surface area contributed by atoms with Gasteiger partial charge in [0.2, 0.25) is 0 Å². The molecule has 0 unspecified atom stereocenters. The van der Waals surface area contributed by atoms with Gasteiger partial charge in [-0.15, -0.1) is 0 Å². The summed E-state index contributed by atoms with van der Waals surface area (Å²) < 4.78 is 18.8. The quantitative estimate of drug-likeness (QED) is 0.847. The molecule has 0 amide bonds. The molecule has 0 radical (unpaired) electrons. The third kappa shape index (κ3) is 4.05. The highest BCUT2D eigenvalue weighted by molar-refractivity contribution is 5.40. The minimum Gasteiger partial charge on any atom is -0.485 e. The van der Waals surface area contributed by atoms with Crippen molar-refractivity contribution in [3.8, 4) is 17.6 Å². The number of hydrogen-bond acceptors (Lipinski definition) is 4. The molecule has 19 heavy (non-hydrogen) atoms. The van der Waals surface area contributed by atoms with Crippen molar-refractivity contribution in [2.75, 3.05) is 6.54 Å². The van der Waals surface area contributed by atoms with Crippen LogP contribution in [-0.2, 0) is 6.61 Å². The van der Waals surface area contributed by atoms with Crippen molar-refractivity contribution in [3.05, 3.63) is 53.9 Å². The second-order valence-corrected chi connectivity index (χ2v) is 3.64. The van der Waals surface area contributed by atoms with Crippen LogP contribution in [-0.4, -0.2) is 16.5 Å². The Morgan fingerprint density at radius 1 is 1.21 bits per heavy atom. The summed E-state index contributed by atoms with van der Waals surface area (Å²) in [6.07, 6.45) is 3.24. The van der Waals surface area contributed by atoms with Gasteiger partial charge in [-0.1, -0.05) is 11.8 Å². The second-order valence-electron chi connectivity index (χ2n) is 3.64. The summed E-state index contributed by atoms with van der Waals surface area (Å²) in [6.45, 7) is 0.401. The molecule has 0 fully saturated rings. The van der Waals surface area contributed by atoms with E-state index in [0.717, 1.165) is 0 Å². The maximum Gasteiger partial charge on any atom is 0.166 e. The zero-order valence-corrected chi connectivity index (χ0v) is 10.1. The number of nitrogens with zero attached hydrogens (tertiary/aromatic N) is 2. The van der Waals surface area contributed by atoms with E-state index in [0.29, 0.717) is 17.1 Å². The lowest BCUT2D eigenvalue weighted by Gasteiger charge is -2.05. The average Bonchev–Trinajstić information content (AvgIpc) is 2.43. The standard InChI is InChI=1S/C14H12FN3O/c15-12-7-11(3-1-4-16)8-13(9-12)19-10-14-17-5-2-6-18-14/h2,5-9H,4,10,16H2. The number of nitrogens with two attached hydrogens (primary N) is 1. The molecule has 0 bridgehead atoms. The maximum absolute atomic E-state index is 13.4. The van der Waals surface area contributed by atoms with Crippen molar-refractivity contribution in [2.24, 2.45) is 5.73 Å². The van der Waals surface area contributed by atoms with Crippen LogP contribution in [0.2, 0.25) is 0 Å². The molecule has 1 heterocycles. The summed E-state index contributed by atoms with van der Waals surface area (Å²) in [4.78, 5) is 8.03. The van der Waals surface area contributed by atoms with Crippen molar-refractivity contribution < 1.29 is 9.13 Å². The van der Waals surface area contributed by atoms with E-state index in [-0.39, 0.29) is 13.2 Å². The fourth-order valence-corrected chi connectivity index (χ4v) is 1.42. The third-order valence-corrected chi connectivity index (χ3v) is 2.19. The molecule has 0 saturated heterocycles. The Kier molecular flexibility index (Phi) is 4.43. The first kappa shape index (κ1) is 13.0. The zero-order chi connectivity index (χ0) is 13.5. The monoisotopic (exact) mass is 257 g/mol. The highest BCUT2D eigenvalue weighted by Crippen LogP contribution is 2.16. The van der Waals surface area contributed by atoms with Gasteiger partial charge in [-0.2, -0.15) is 0 Å².